The molecule has 0 unspecified atom stereocenters. The molecule has 1 aromatic carbocycles. The average molecular weight is 655 g/mol. The van der Waals surface area contributed by atoms with Crippen molar-refractivity contribution in [3.63, 3.8) is 0 Å². The van der Waals surface area contributed by atoms with Crippen molar-refractivity contribution >= 4 is 55.4 Å². The van der Waals surface area contributed by atoms with Crippen molar-refractivity contribution in [1.29, 1.82) is 0 Å². The molecular formula is C27H31Br2ClN4O3. The van der Waals surface area contributed by atoms with Crippen molar-refractivity contribution in [2.75, 3.05) is 26.2 Å². The Hall–Kier alpha value is -1.84. The van der Waals surface area contributed by atoms with Crippen molar-refractivity contribution in [1.82, 2.24) is 9.80 Å². The number of carbonyl (C=O) groups excluding carboxylic acids is 2. The predicted molar refractivity (Wildman–Crippen MR) is 149 cm³/mol. The molecule has 2 saturated heterocycles. The predicted octanol–water partition coefficient (Wildman–Crippen LogP) is 5.15. The molecule has 1 aliphatic carbocycles. The first-order chi connectivity index (χ1) is 17.7. The molecule has 3 heterocycles. The molecule has 2 N–H and O–H groups in total. The normalized spacial score (nSPS) is 20.8. The number of pyridine rings is 1. The summed E-state index contributed by atoms with van der Waals surface area (Å²) in [6.45, 7) is 2.62. The molecule has 1 aromatic heterocycles. The van der Waals surface area contributed by atoms with Crippen LogP contribution in [-0.4, -0.2) is 47.9 Å². The summed E-state index contributed by atoms with van der Waals surface area (Å²) in [6.07, 6.45) is 7.02. The van der Waals surface area contributed by atoms with E-state index in [-0.39, 0.29) is 23.8 Å². The molecule has 3 aliphatic rings. The Bertz CT molecular complexity index is 1150. The highest BCUT2D eigenvalue weighted by Crippen LogP contribution is 2.45. The van der Waals surface area contributed by atoms with Crippen LogP contribution in [0.2, 0.25) is 5.02 Å². The van der Waals surface area contributed by atoms with E-state index in [1.54, 1.807) is 11.1 Å². The van der Waals surface area contributed by atoms with E-state index in [9.17, 15) is 14.8 Å². The van der Waals surface area contributed by atoms with Crippen LogP contribution in [0.1, 0.15) is 60.4 Å². The van der Waals surface area contributed by atoms with Gasteiger partial charge in [-0.15, -0.1) is 0 Å². The molecule has 0 bridgehead atoms. The second-order valence-corrected chi connectivity index (χ2v) is 12.7. The van der Waals surface area contributed by atoms with Crippen molar-refractivity contribution < 1.29 is 14.3 Å². The van der Waals surface area contributed by atoms with Gasteiger partial charge in [-0.25, -0.2) is 4.79 Å². The van der Waals surface area contributed by atoms with Crippen LogP contribution < -0.4 is 10.5 Å². The fourth-order valence-corrected chi connectivity index (χ4v) is 7.99. The zero-order chi connectivity index (χ0) is 26.3. The number of urea groups is 1. The largest absolute Gasteiger partial charge is 0.618 e. The van der Waals surface area contributed by atoms with Crippen LogP contribution in [0.25, 0.3) is 0 Å². The van der Waals surface area contributed by atoms with Gasteiger partial charge in [0.05, 0.1) is 10.4 Å². The van der Waals surface area contributed by atoms with Crippen LogP contribution >= 0.6 is 43.5 Å². The molecule has 2 fully saturated rings. The van der Waals surface area contributed by atoms with Crippen LogP contribution in [0.3, 0.4) is 0 Å². The monoisotopic (exact) mass is 652 g/mol. The summed E-state index contributed by atoms with van der Waals surface area (Å²) in [5.41, 5.74) is 9.60. The van der Waals surface area contributed by atoms with Gasteiger partial charge >= 0.3 is 6.03 Å². The number of nitrogens with zero attached hydrogens (tertiary/aromatic N) is 3. The van der Waals surface area contributed by atoms with Crippen LogP contribution in [0.4, 0.5) is 4.79 Å². The van der Waals surface area contributed by atoms with Crippen LogP contribution in [0.5, 0.6) is 0 Å². The van der Waals surface area contributed by atoms with E-state index < -0.39 is 0 Å². The van der Waals surface area contributed by atoms with Crippen molar-refractivity contribution in [3.05, 3.63) is 66.0 Å². The molecule has 198 valence electrons. The van der Waals surface area contributed by atoms with Crippen molar-refractivity contribution in [3.8, 4) is 0 Å². The maximum absolute atomic E-state index is 13.3. The van der Waals surface area contributed by atoms with E-state index in [1.165, 1.54) is 5.56 Å². The maximum Gasteiger partial charge on any atom is 0.314 e. The number of likely N-dealkylation sites (tertiary alicyclic amines) is 2. The van der Waals surface area contributed by atoms with Gasteiger partial charge in [0.15, 0.2) is 6.20 Å². The SMILES string of the molecule is NC(=O)N1CCC(CC(=O)N2CCC([C@H]3c4c(Br)cc(Cl)cc4CCc4cc(Br)c[n+]([O-])c43)CC2)CC1. The molecule has 3 amide bonds. The van der Waals surface area contributed by atoms with Gasteiger partial charge in [0.25, 0.3) is 0 Å². The zero-order valence-corrected chi connectivity index (χ0v) is 24.5. The number of halogens is 3. The van der Waals surface area contributed by atoms with E-state index in [0.717, 1.165) is 69.0 Å². The molecule has 5 rings (SSSR count). The number of amides is 3. The summed E-state index contributed by atoms with van der Waals surface area (Å²) in [6, 6.07) is 5.65. The van der Waals surface area contributed by atoms with Gasteiger partial charge in [0.2, 0.25) is 11.6 Å². The third-order valence-electron chi connectivity index (χ3n) is 8.32. The minimum Gasteiger partial charge on any atom is -0.618 e. The maximum atomic E-state index is 13.3. The van der Waals surface area contributed by atoms with Gasteiger partial charge in [-0.05, 0) is 95.6 Å². The van der Waals surface area contributed by atoms with E-state index in [4.69, 9.17) is 17.3 Å². The summed E-state index contributed by atoms with van der Waals surface area (Å²) in [5.74, 6) is 0.644. The van der Waals surface area contributed by atoms with Gasteiger partial charge in [-0.1, -0.05) is 27.5 Å². The van der Waals surface area contributed by atoms with Crippen molar-refractivity contribution in [2.45, 2.75) is 50.9 Å². The van der Waals surface area contributed by atoms with Gasteiger partial charge in [0, 0.05) is 47.7 Å². The van der Waals surface area contributed by atoms with Gasteiger partial charge in [-0.3, -0.25) is 4.79 Å². The Balaban J connectivity index is 1.34. The fraction of sp³-hybridized carbons (Fsp3) is 0.519. The third-order valence-corrected chi connectivity index (χ3v) is 9.63. The second kappa shape index (κ2) is 11.1. The minimum absolute atomic E-state index is 0.0693. The molecule has 1 atom stereocenters. The lowest BCUT2D eigenvalue weighted by Crippen LogP contribution is -2.44. The molecule has 0 spiro atoms. The Labute approximate surface area is 239 Å². The highest BCUT2D eigenvalue weighted by Gasteiger charge is 2.40. The number of aromatic nitrogens is 1. The van der Waals surface area contributed by atoms with Crippen LogP contribution in [-0.2, 0) is 17.6 Å². The summed E-state index contributed by atoms with van der Waals surface area (Å²) in [7, 11) is 0. The third kappa shape index (κ3) is 5.64. The number of rotatable bonds is 3. The molecule has 2 aromatic rings. The molecule has 0 radical (unpaired) electrons. The minimum atomic E-state index is -0.380. The molecule has 2 aliphatic heterocycles. The number of benzene rings is 1. The first-order valence-electron chi connectivity index (χ1n) is 12.9. The topological polar surface area (TPSA) is 93.6 Å². The quantitative estimate of drug-likeness (QED) is 0.367. The standard InChI is InChI=1S/C27H31Br2ClN4O3/c28-20-12-19-2-1-18-13-21(30)14-22(29)24(18)25(26(19)34(37)15-20)17-5-9-32(10-6-17)23(35)11-16-3-7-33(8-4-16)27(31)36/h12-17,25H,1-11H2,(H2,31,36)/t25-/m0/s1. The number of carbonyl (C=O) groups is 2. The number of primary amides is 1. The van der Waals surface area contributed by atoms with Crippen LogP contribution in [0, 0.1) is 17.0 Å². The Morgan fingerprint density at radius 1 is 1.00 bits per heavy atom. The Morgan fingerprint density at radius 3 is 2.32 bits per heavy atom. The molecule has 0 saturated carbocycles. The summed E-state index contributed by atoms with van der Waals surface area (Å²) in [5, 5.41) is 14.0. The highest BCUT2D eigenvalue weighted by molar-refractivity contribution is 9.10. The Morgan fingerprint density at radius 2 is 1.65 bits per heavy atom. The first-order valence-corrected chi connectivity index (χ1v) is 14.9. The Kier molecular flexibility index (Phi) is 8.03. The van der Waals surface area contributed by atoms with E-state index in [0.29, 0.717) is 43.5 Å². The van der Waals surface area contributed by atoms with Gasteiger partial charge in [-0.2, -0.15) is 4.73 Å². The molecule has 10 heteroatoms. The summed E-state index contributed by atoms with van der Waals surface area (Å²) in [4.78, 5) is 28.2. The number of hydrogen-bond acceptors (Lipinski definition) is 3. The lowest BCUT2D eigenvalue weighted by Gasteiger charge is -2.37. The molecule has 37 heavy (non-hydrogen) atoms. The number of aryl methyl sites for hydroxylation is 2. The summed E-state index contributed by atoms with van der Waals surface area (Å²) < 4.78 is 2.76. The smallest absolute Gasteiger partial charge is 0.314 e. The zero-order valence-electron chi connectivity index (χ0n) is 20.6. The summed E-state index contributed by atoms with van der Waals surface area (Å²) >= 11 is 13.7. The fourth-order valence-electron chi connectivity index (χ4n) is 6.41. The molecular weight excluding hydrogens is 624 g/mol. The van der Waals surface area contributed by atoms with Gasteiger partial charge in [0.1, 0.15) is 0 Å². The number of nitrogens with two attached hydrogens (primary N) is 1. The second-order valence-electron chi connectivity index (χ2n) is 10.5. The lowest BCUT2D eigenvalue weighted by atomic mass is 9.76. The first kappa shape index (κ1) is 26.8. The van der Waals surface area contributed by atoms with E-state index in [1.807, 2.05) is 17.0 Å². The highest BCUT2D eigenvalue weighted by atomic mass is 79.9. The number of fused-ring (bicyclic) bond motifs is 2. The van der Waals surface area contributed by atoms with Crippen molar-refractivity contribution in [2.24, 2.45) is 17.6 Å². The van der Waals surface area contributed by atoms with Crippen LogP contribution in [0.15, 0.2) is 33.3 Å². The van der Waals surface area contributed by atoms with E-state index in [2.05, 4.69) is 37.9 Å². The number of piperidine rings is 2. The van der Waals surface area contributed by atoms with E-state index >= 15 is 0 Å². The lowest BCUT2D eigenvalue weighted by molar-refractivity contribution is -0.616. The molecule has 7 nitrogen and oxygen atoms in total. The average Bonchev–Trinajstić information content (AvgIpc) is 3.02. The number of hydrogen-bond donors (Lipinski definition) is 1. The van der Waals surface area contributed by atoms with Gasteiger partial charge < -0.3 is 20.7 Å².